The van der Waals surface area contributed by atoms with E-state index in [9.17, 15) is 4.79 Å². The van der Waals surface area contributed by atoms with E-state index >= 15 is 0 Å². The number of hydrogen-bond donors (Lipinski definition) is 1. The number of ether oxygens (including phenoxy) is 1. The number of carbonyl (C=O) groups excluding carboxylic acids is 1. The molecule has 0 radical (unpaired) electrons. The first-order valence-corrected chi connectivity index (χ1v) is 11.2. The minimum absolute atomic E-state index is 0.143. The van der Waals surface area contributed by atoms with Crippen molar-refractivity contribution < 1.29 is 9.53 Å². The highest BCUT2D eigenvalue weighted by Crippen LogP contribution is 2.19. The monoisotopic (exact) mass is 424 g/mol. The number of thioether (sulfide) groups is 1. The molecule has 30 heavy (non-hydrogen) atoms. The van der Waals surface area contributed by atoms with Crippen molar-refractivity contribution in [1.82, 2.24) is 20.1 Å². The van der Waals surface area contributed by atoms with Crippen molar-refractivity contribution in [2.45, 2.75) is 44.4 Å². The number of hydrogen-bond acceptors (Lipinski definition) is 5. The standard InChI is InChI=1S/C23H28N4O2S/c1-3-4-16-30-23-26-25-21(27(23)15-14-18-8-6-5-7-9-18)17-24-22(28)19-10-12-20(29-2)13-11-19/h5-13H,3-4,14-17H2,1-2H3,(H,24,28). The maximum atomic E-state index is 12.5. The summed E-state index contributed by atoms with van der Waals surface area (Å²) in [6, 6.07) is 17.4. The third kappa shape index (κ3) is 6.10. The number of methoxy groups -OCH3 is 1. The van der Waals surface area contributed by atoms with Gasteiger partial charge >= 0.3 is 0 Å². The number of benzene rings is 2. The second-order valence-corrected chi connectivity index (χ2v) is 7.96. The minimum Gasteiger partial charge on any atom is -0.497 e. The SMILES string of the molecule is CCCCSc1nnc(CNC(=O)c2ccc(OC)cc2)n1CCc1ccccc1. The van der Waals surface area contributed by atoms with Gasteiger partial charge in [-0.1, -0.05) is 55.4 Å². The highest BCUT2D eigenvalue weighted by molar-refractivity contribution is 7.99. The summed E-state index contributed by atoms with van der Waals surface area (Å²) < 4.78 is 7.27. The Kier molecular flexibility index (Phi) is 8.32. The minimum atomic E-state index is -0.143. The second kappa shape index (κ2) is 11.4. The summed E-state index contributed by atoms with van der Waals surface area (Å²) in [4.78, 5) is 12.5. The molecule has 0 fully saturated rings. The fourth-order valence-corrected chi connectivity index (χ4v) is 4.04. The Morgan fingerprint density at radius 1 is 1.10 bits per heavy atom. The third-order valence-corrected chi connectivity index (χ3v) is 5.80. The van der Waals surface area contributed by atoms with Crippen LogP contribution in [0.2, 0.25) is 0 Å². The number of aryl methyl sites for hydroxylation is 1. The van der Waals surface area contributed by atoms with Gasteiger partial charge in [-0.25, -0.2) is 0 Å². The fourth-order valence-electron chi connectivity index (χ4n) is 2.98. The molecule has 0 aliphatic rings. The Balaban J connectivity index is 1.67. The van der Waals surface area contributed by atoms with Gasteiger partial charge in [0.25, 0.3) is 5.91 Å². The Morgan fingerprint density at radius 3 is 2.57 bits per heavy atom. The largest absolute Gasteiger partial charge is 0.497 e. The Labute approximate surface area is 182 Å². The van der Waals surface area contributed by atoms with Crippen LogP contribution in [0.1, 0.15) is 41.5 Å². The molecule has 1 amide bonds. The first kappa shape index (κ1) is 21.9. The molecule has 3 aromatic rings. The molecule has 6 nitrogen and oxygen atoms in total. The zero-order valence-electron chi connectivity index (χ0n) is 17.5. The van der Waals surface area contributed by atoms with Gasteiger partial charge in [-0.05, 0) is 42.7 Å². The summed E-state index contributed by atoms with van der Waals surface area (Å²) in [5.41, 5.74) is 1.85. The first-order valence-electron chi connectivity index (χ1n) is 10.2. The number of nitrogens with one attached hydrogen (secondary N) is 1. The molecule has 2 aromatic carbocycles. The lowest BCUT2D eigenvalue weighted by atomic mass is 10.1. The summed E-state index contributed by atoms with van der Waals surface area (Å²) in [6.07, 6.45) is 3.18. The number of nitrogens with zero attached hydrogens (tertiary/aromatic N) is 3. The van der Waals surface area contributed by atoms with E-state index in [0.29, 0.717) is 12.1 Å². The molecule has 1 aromatic heterocycles. The van der Waals surface area contributed by atoms with Crippen LogP contribution in [-0.4, -0.2) is 33.5 Å². The smallest absolute Gasteiger partial charge is 0.251 e. The molecule has 0 saturated heterocycles. The Morgan fingerprint density at radius 2 is 1.87 bits per heavy atom. The van der Waals surface area contributed by atoms with Crippen LogP contribution < -0.4 is 10.1 Å². The van der Waals surface area contributed by atoms with E-state index in [1.54, 1.807) is 43.1 Å². The summed E-state index contributed by atoms with van der Waals surface area (Å²) >= 11 is 1.73. The van der Waals surface area contributed by atoms with Gasteiger partial charge in [0.2, 0.25) is 0 Å². The molecule has 158 valence electrons. The summed E-state index contributed by atoms with van der Waals surface area (Å²) in [5.74, 6) is 2.36. The van der Waals surface area contributed by atoms with E-state index < -0.39 is 0 Å². The summed E-state index contributed by atoms with van der Waals surface area (Å²) in [5, 5.41) is 12.6. The molecule has 0 aliphatic carbocycles. The number of unbranched alkanes of at least 4 members (excludes halogenated alkanes) is 1. The van der Waals surface area contributed by atoms with Gasteiger partial charge in [0.05, 0.1) is 13.7 Å². The molecule has 0 atom stereocenters. The molecule has 0 spiro atoms. The molecule has 0 aliphatic heterocycles. The zero-order chi connectivity index (χ0) is 21.2. The molecule has 1 heterocycles. The Bertz CT molecular complexity index is 926. The number of aromatic nitrogens is 3. The van der Waals surface area contributed by atoms with Crippen molar-refractivity contribution in [3.63, 3.8) is 0 Å². The summed E-state index contributed by atoms with van der Waals surface area (Å²) in [6.45, 7) is 3.29. The maximum Gasteiger partial charge on any atom is 0.251 e. The van der Waals surface area contributed by atoms with Gasteiger partial charge in [-0.2, -0.15) is 0 Å². The molecular weight excluding hydrogens is 396 g/mol. The van der Waals surface area contributed by atoms with Crippen molar-refractivity contribution in [2.75, 3.05) is 12.9 Å². The van der Waals surface area contributed by atoms with E-state index in [2.05, 4.69) is 39.1 Å². The average Bonchev–Trinajstić information content (AvgIpc) is 3.18. The molecule has 3 rings (SSSR count). The zero-order valence-corrected chi connectivity index (χ0v) is 18.3. The molecule has 0 bridgehead atoms. The average molecular weight is 425 g/mol. The van der Waals surface area contributed by atoms with E-state index in [0.717, 1.165) is 48.3 Å². The number of rotatable bonds is 11. The predicted molar refractivity (Wildman–Crippen MR) is 120 cm³/mol. The van der Waals surface area contributed by atoms with Crippen LogP contribution in [0, 0.1) is 0 Å². The van der Waals surface area contributed by atoms with Crippen molar-refractivity contribution >= 4 is 17.7 Å². The maximum absolute atomic E-state index is 12.5. The Hall–Kier alpha value is -2.80. The van der Waals surface area contributed by atoms with Crippen molar-refractivity contribution in [3.05, 3.63) is 71.5 Å². The highest BCUT2D eigenvalue weighted by atomic mass is 32.2. The quantitative estimate of drug-likeness (QED) is 0.366. The number of carbonyl (C=O) groups is 1. The lowest BCUT2D eigenvalue weighted by Gasteiger charge is -2.11. The van der Waals surface area contributed by atoms with E-state index in [-0.39, 0.29) is 5.91 Å². The van der Waals surface area contributed by atoms with E-state index in [1.165, 1.54) is 5.56 Å². The lowest BCUT2D eigenvalue weighted by Crippen LogP contribution is -2.25. The van der Waals surface area contributed by atoms with Gasteiger partial charge in [0.15, 0.2) is 11.0 Å². The van der Waals surface area contributed by atoms with Crippen LogP contribution in [0.15, 0.2) is 59.8 Å². The van der Waals surface area contributed by atoms with Gasteiger partial charge in [0.1, 0.15) is 5.75 Å². The van der Waals surface area contributed by atoms with E-state index in [4.69, 9.17) is 4.74 Å². The molecule has 1 N–H and O–H groups in total. The topological polar surface area (TPSA) is 69.0 Å². The van der Waals surface area contributed by atoms with Crippen molar-refractivity contribution in [3.8, 4) is 5.75 Å². The predicted octanol–water partition coefficient (Wildman–Crippen LogP) is 4.35. The van der Waals surface area contributed by atoms with Crippen LogP contribution in [0.5, 0.6) is 5.75 Å². The third-order valence-electron chi connectivity index (χ3n) is 4.75. The normalized spacial score (nSPS) is 10.7. The van der Waals surface area contributed by atoms with Gasteiger partial charge in [-0.3, -0.25) is 4.79 Å². The van der Waals surface area contributed by atoms with Crippen molar-refractivity contribution in [2.24, 2.45) is 0 Å². The summed E-state index contributed by atoms with van der Waals surface area (Å²) in [7, 11) is 1.60. The van der Waals surface area contributed by atoms with Crippen LogP contribution in [0.4, 0.5) is 0 Å². The fraction of sp³-hybridized carbons (Fsp3) is 0.348. The van der Waals surface area contributed by atoms with Gasteiger partial charge in [0, 0.05) is 17.9 Å². The highest BCUT2D eigenvalue weighted by Gasteiger charge is 2.14. The lowest BCUT2D eigenvalue weighted by molar-refractivity contribution is 0.0949. The second-order valence-electron chi connectivity index (χ2n) is 6.90. The first-order chi connectivity index (χ1) is 14.7. The molecule has 0 saturated carbocycles. The van der Waals surface area contributed by atoms with Crippen LogP contribution in [-0.2, 0) is 19.5 Å². The van der Waals surface area contributed by atoms with Crippen LogP contribution in [0.3, 0.4) is 0 Å². The van der Waals surface area contributed by atoms with Crippen LogP contribution >= 0.6 is 11.8 Å². The van der Waals surface area contributed by atoms with Gasteiger partial charge in [-0.15, -0.1) is 10.2 Å². The van der Waals surface area contributed by atoms with E-state index in [1.807, 2.05) is 18.2 Å². The van der Waals surface area contributed by atoms with Gasteiger partial charge < -0.3 is 14.6 Å². The molecular formula is C23H28N4O2S. The van der Waals surface area contributed by atoms with Crippen molar-refractivity contribution in [1.29, 1.82) is 0 Å². The molecule has 7 heteroatoms. The van der Waals surface area contributed by atoms with Crippen LogP contribution in [0.25, 0.3) is 0 Å². The molecule has 0 unspecified atom stereocenters. The number of amides is 1.